The van der Waals surface area contributed by atoms with Crippen molar-refractivity contribution in [2.75, 3.05) is 25.0 Å². The zero-order valence-corrected chi connectivity index (χ0v) is 15.1. The molecule has 1 aliphatic rings. The molecule has 1 N–H and O–H groups in total. The second kappa shape index (κ2) is 8.90. The van der Waals surface area contributed by atoms with E-state index in [2.05, 4.69) is 12.2 Å². The van der Waals surface area contributed by atoms with Crippen LogP contribution in [0.1, 0.15) is 44.6 Å². The molecule has 2 rings (SSSR count). The normalized spacial score (nSPS) is 19.5. The first-order valence-corrected chi connectivity index (χ1v) is 9.07. The Labute approximate surface area is 151 Å². The van der Waals surface area contributed by atoms with E-state index in [4.69, 9.17) is 11.6 Å². The highest BCUT2D eigenvalue weighted by Gasteiger charge is 2.35. The number of benzene rings is 1. The Bertz CT molecular complexity index is 592. The lowest BCUT2D eigenvalue weighted by molar-refractivity contribution is -0.137. The summed E-state index contributed by atoms with van der Waals surface area (Å²) in [7, 11) is 0. The summed E-state index contributed by atoms with van der Waals surface area (Å²) in [6.07, 6.45) is 0.962. The fraction of sp³-hybridized carbons (Fsp3) is 0.611. The Balaban J connectivity index is 1.99. The Morgan fingerprint density at radius 1 is 1.32 bits per heavy atom. The largest absolute Gasteiger partial charge is 0.418 e. The van der Waals surface area contributed by atoms with Gasteiger partial charge in [-0.3, -0.25) is 9.69 Å². The van der Waals surface area contributed by atoms with Crippen LogP contribution in [0.2, 0.25) is 5.02 Å². The van der Waals surface area contributed by atoms with Gasteiger partial charge in [0.05, 0.1) is 22.8 Å². The third-order valence-corrected chi connectivity index (χ3v) is 4.90. The summed E-state index contributed by atoms with van der Waals surface area (Å²) < 4.78 is 39.3. The molecule has 1 heterocycles. The van der Waals surface area contributed by atoms with Gasteiger partial charge in [0.15, 0.2) is 0 Å². The predicted molar refractivity (Wildman–Crippen MR) is 93.8 cm³/mol. The molecule has 7 heteroatoms. The van der Waals surface area contributed by atoms with Crippen molar-refractivity contribution >= 4 is 23.2 Å². The van der Waals surface area contributed by atoms with E-state index in [1.54, 1.807) is 0 Å². The van der Waals surface area contributed by atoms with Crippen LogP contribution in [0.15, 0.2) is 18.2 Å². The molecule has 0 bridgehead atoms. The summed E-state index contributed by atoms with van der Waals surface area (Å²) >= 11 is 5.87. The van der Waals surface area contributed by atoms with Gasteiger partial charge in [0.25, 0.3) is 0 Å². The zero-order valence-electron chi connectivity index (χ0n) is 14.3. The van der Waals surface area contributed by atoms with Crippen LogP contribution in [0.25, 0.3) is 0 Å². The van der Waals surface area contributed by atoms with E-state index in [1.165, 1.54) is 18.6 Å². The van der Waals surface area contributed by atoms with Gasteiger partial charge in [-0.2, -0.15) is 13.2 Å². The van der Waals surface area contributed by atoms with Gasteiger partial charge < -0.3 is 5.32 Å². The van der Waals surface area contributed by atoms with Crippen LogP contribution in [0.5, 0.6) is 0 Å². The van der Waals surface area contributed by atoms with Gasteiger partial charge in [-0.15, -0.1) is 0 Å². The van der Waals surface area contributed by atoms with Gasteiger partial charge in [-0.05, 0) is 50.4 Å². The number of alkyl halides is 3. The van der Waals surface area contributed by atoms with Crippen molar-refractivity contribution in [1.29, 1.82) is 0 Å². The maximum atomic E-state index is 13.1. The number of nitrogens with zero attached hydrogens (tertiary/aromatic N) is 1. The van der Waals surface area contributed by atoms with E-state index in [0.29, 0.717) is 5.92 Å². The molecular weight excluding hydrogens is 353 g/mol. The smallest absolute Gasteiger partial charge is 0.323 e. The number of para-hydroxylation sites is 1. The average Bonchev–Trinajstić information content (AvgIpc) is 2.74. The molecule has 25 heavy (non-hydrogen) atoms. The number of hydrogen-bond acceptors (Lipinski definition) is 2. The molecule has 0 aliphatic carbocycles. The van der Waals surface area contributed by atoms with Gasteiger partial charge in [-0.25, -0.2) is 0 Å². The number of likely N-dealkylation sites (tertiary alicyclic amines) is 1. The van der Waals surface area contributed by atoms with Crippen molar-refractivity contribution in [3.05, 3.63) is 28.8 Å². The molecule has 1 amide bonds. The topological polar surface area (TPSA) is 32.3 Å². The van der Waals surface area contributed by atoms with E-state index < -0.39 is 17.6 Å². The van der Waals surface area contributed by atoms with E-state index in [1.807, 2.05) is 4.90 Å². The SMILES string of the molecule is CCCC1CCCN(CC(=O)Nc2c(Cl)cccc2C(F)(F)F)CC1. The minimum absolute atomic E-state index is 0.0847. The summed E-state index contributed by atoms with van der Waals surface area (Å²) in [4.78, 5) is 14.3. The first-order valence-electron chi connectivity index (χ1n) is 8.69. The molecule has 1 aromatic carbocycles. The minimum atomic E-state index is -4.57. The maximum absolute atomic E-state index is 13.1. The molecule has 0 radical (unpaired) electrons. The molecule has 1 saturated heterocycles. The average molecular weight is 377 g/mol. The standard InChI is InChI=1S/C18H24ClF3N2O/c1-2-5-13-6-4-10-24(11-9-13)12-16(25)23-17-14(18(20,21)22)7-3-8-15(17)19/h3,7-8,13H,2,4-6,9-12H2,1H3,(H,23,25). The quantitative estimate of drug-likeness (QED) is 0.766. The molecule has 1 unspecified atom stereocenters. The van der Waals surface area contributed by atoms with Crippen LogP contribution in [-0.2, 0) is 11.0 Å². The second-order valence-corrected chi connectivity index (χ2v) is 6.98. The molecule has 1 aliphatic heterocycles. The fourth-order valence-corrected chi connectivity index (χ4v) is 3.57. The summed E-state index contributed by atoms with van der Waals surface area (Å²) in [5, 5.41) is 2.25. The van der Waals surface area contributed by atoms with E-state index in [9.17, 15) is 18.0 Å². The van der Waals surface area contributed by atoms with Gasteiger partial charge in [0, 0.05) is 0 Å². The van der Waals surface area contributed by atoms with Crippen molar-refractivity contribution in [3.8, 4) is 0 Å². The summed E-state index contributed by atoms with van der Waals surface area (Å²) in [5.41, 5.74) is -1.28. The third kappa shape index (κ3) is 5.89. The van der Waals surface area contributed by atoms with Crippen LogP contribution in [0.4, 0.5) is 18.9 Å². The summed E-state index contributed by atoms with van der Waals surface area (Å²) in [6.45, 7) is 3.84. The third-order valence-electron chi connectivity index (χ3n) is 4.59. The molecule has 1 fully saturated rings. The highest BCUT2D eigenvalue weighted by molar-refractivity contribution is 6.34. The number of rotatable bonds is 5. The first-order chi connectivity index (χ1) is 11.8. The molecular formula is C18H24ClF3N2O. The molecule has 1 aromatic rings. The van der Waals surface area contributed by atoms with Crippen LogP contribution in [0, 0.1) is 5.92 Å². The molecule has 0 saturated carbocycles. The molecule has 0 aromatic heterocycles. The van der Waals surface area contributed by atoms with E-state index in [0.717, 1.165) is 44.8 Å². The number of carbonyl (C=O) groups excluding carboxylic acids is 1. The number of halogens is 4. The van der Waals surface area contributed by atoms with Crippen molar-refractivity contribution < 1.29 is 18.0 Å². The van der Waals surface area contributed by atoms with Crippen LogP contribution < -0.4 is 5.32 Å². The zero-order chi connectivity index (χ0) is 18.4. The lowest BCUT2D eigenvalue weighted by Crippen LogP contribution is -2.34. The maximum Gasteiger partial charge on any atom is 0.418 e. The van der Waals surface area contributed by atoms with Gasteiger partial charge >= 0.3 is 6.18 Å². The molecule has 3 nitrogen and oxygen atoms in total. The minimum Gasteiger partial charge on any atom is -0.323 e. The molecule has 1 atom stereocenters. The molecule has 140 valence electrons. The summed E-state index contributed by atoms with van der Waals surface area (Å²) in [5.74, 6) is 0.214. The van der Waals surface area contributed by atoms with Crippen LogP contribution >= 0.6 is 11.6 Å². The number of amides is 1. The van der Waals surface area contributed by atoms with Crippen molar-refractivity contribution in [3.63, 3.8) is 0 Å². The monoisotopic (exact) mass is 376 g/mol. The van der Waals surface area contributed by atoms with Crippen molar-refractivity contribution in [1.82, 2.24) is 4.90 Å². The van der Waals surface area contributed by atoms with Gasteiger partial charge in [-0.1, -0.05) is 37.4 Å². The number of carbonyl (C=O) groups is 1. The number of nitrogens with one attached hydrogen (secondary N) is 1. The number of anilines is 1. The lowest BCUT2D eigenvalue weighted by atomic mass is 9.96. The number of hydrogen-bond donors (Lipinski definition) is 1. The Kier molecular flexibility index (Phi) is 7.14. The van der Waals surface area contributed by atoms with E-state index >= 15 is 0 Å². The second-order valence-electron chi connectivity index (χ2n) is 6.57. The molecule has 0 spiro atoms. The summed E-state index contributed by atoms with van der Waals surface area (Å²) in [6, 6.07) is 3.49. The first kappa shape index (κ1) is 20.0. The van der Waals surface area contributed by atoms with Crippen LogP contribution in [0.3, 0.4) is 0 Å². The van der Waals surface area contributed by atoms with E-state index in [-0.39, 0.29) is 17.3 Å². The Hall–Kier alpha value is -1.27. The highest BCUT2D eigenvalue weighted by atomic mass is 35.5. The highest BCUT2D eigenvalue weighted by Crippen LogP contribution is 2.38. The van der Waals surface area contributed by atoms with Gasteiger partial charge in [0.1, 0.15) is 0 Å². The Morgan fingerprint density at radius 2 is 2.08 bits per heavy atom. The van der Waals surface area contributed by atoms with Crippen molar-refractivity contribution in [2.45, 2.75) is 45.2 Å². The van der Waals surface area contributed by atoms with Crippen molar-refractivity contribution in [2.24, 2.45) is 5.92 Å². The van der Waals surface area contributed by atoms with Gasteiger partial charge in [0.2, 0.25) is 5.91 Å². The fourth-order valence-electron chi connectivity index (χ4n) is 3.35. The predicted octanol–water partition coefficient (Wildman–Crippen LogP) is 5.20. The Morgan fingerprint density at radius 3 is 2.76 bits per heavy atom. The lowest BCUT2D eigenvalue weighted by Gasteiger charge is -2.21. The van der Waals surface area contributed by atoms with Crippen LogP contribution in [-0.4, -0.2) is 30.4 Å².